The van der Waals surface area contributed by atoms with Crippen LogP contribution in [-0.2, 0) is 9.84 Å². The van der Waals surface area contributed by atoms with Crippen LogP contribution in [0.4, 0.5) is 0 Å². The Morgan fingerprint density at radius 3 is 2.70 bits per heavy atom. The maximum atomic E-state index is 12.3. The first-order valence-electron chi connectivity index (χ1n) is 6.42. The molecule has 2 rings (SSSR count). The molecule has 1 fully saturated rings. The molecule has 0 atom stereocenters. The van der Waals surface area contributed by atoms with Crippen molar-refractivity contribution in [2.75, 3.05) is 36.9 Å². The third-order valence-electron chi connectivity index (χ3n) is 3.26. The van der Waals surface area contributed by atoms with E-state index in [1.54, 1.807) is 24.3 Å². The molecule has 0 radical (unpaired) electrons. The molecule has 0 unspecified atom stereocenters. The van der Waals surface area contributed by atoms with Crippen LogP contribution in [0.15, 0.2) is 29.2 Å². The van der Waals surface area contributed by atoms with Gasteiger partial charge in [0.2, 0.25) is 0 Å². The van der Waals surface area contributed by atoms with E-state index in [-0.39, 0.29) is 10.7 Å². The Hall–Kier alpha value is -0.630. The van der Waals surface area contributed by atoms with Gasteiger partial charge in [0.15, 0.2) is 9.84 Å². The second kappa shape index (κ2) is 6.89. The summed E-state index contributed by atoms with van der Waals surface area (Å²) in [5.41, 5.74) is 6.14. The molecule has 1 heterocycles. The van der Waals surface area contributed by atoms with E-state index in [1.807, 2.05) is 11.8 Å². The van der Waals surface area contributed by atoms with Crippen molar-refractivity contribution in [3.63, 3.8) is 0 Å². The largest absolute Gasteiger partial charge is 0.389 e. The second-order valence-electron chi connectivity index (χ2n) is 4.66. The Morgan fingerprint density at radius 1 is 1.35 bits per heavy atom. The minimum atomic E-state index is -3.28. The number of nitrogens with zero attached hydrogens (tertiary/aromatic N) is 1. The van der Waals surface area contributed by atoms with Gasteiger partial charge in [0.1, 0.15) is 4.99 Å². The lowest BCUT2D eigenvalue weighted by Gasteiger charge is -2.25. The van der Waals surface area contributed by atoms with Gasteiger partial charge in [-0.25, -0.2) is 8.42 Å². The Labute approximate surface area is 129 Å². The van der Waals surface area contributed by atoms with E-state index in [1.165, 1.54) is 0 Å². The maximum Gasteiger partial charge on any atom is 0.179 e. The molecule has 20 heavy (non-hydrogen) atoms. The third kappa shape index (κ3) is 4.18. The molecule has 1 saturated heterocycles. The highest BCUT2D eigenvalue weighted by molar-refractivity contribution is 7.99. The van der Waals surface area contributed by atoms with E-state index in [0.29, 0.717) is 17.0 Å². The first-order chi connectivity index (χ1) is 9.49. The normalized spacial score (nSPS) is 17.0. The first kappa shape index (κ1) is 15.8. The number of thioether (sulfide) groups is 1. The number of sulfone groups is 1. The van der Waals surface area contributed by atoms with Crippen molar-refractivity contribution in [2.24, 2.45) is 5.73 Å². The molecule has 0 saturated carbocycles. The number of hydrogen-bond donors (Lipinski definition) is 1. The molecule has 0 aromatic heterocycles. The zero-order chi connectivity index (χ0) is 14.6. The van der Waals surface area contributed by atoms with Gasteiger partial charge >= 0.3 is 0 Å². The van der Waals surface area contributed by atoms with E-state index in [9.17, 15) is 8.42 Å². The Morgan fingerprint density at radius 2 is 2.05 bits per heavy atom. The predicted octanol–water partition coefficient (Wildman–Crippen LogP) is 1.14. The van der Waals surface area contributed by atoms with Crippen molar-refractivity contribution in [3.05, 3.63) is 29.8 Å². The second-order valence-corrected chi connectivity index (χ2v) is 8.44. The van der Waals surface area contributed by atoms with Gasteiger partial charge in [0.25, 0.3) is 0 Å². The number of rotatable bonds is 5. The van der Waals surface area contributed by atoms with E-state index < -0.39 is 9.84 Å². The summed E-state index contributed by atoms with van der Waals surface area (Å²) in [6.07, 6.45) is 0. The molecule has 1 aromatic rings. The van der Waals surface area contributed by atoms with Crippen molar-refractivity contribution < 1.29 is 8.42 Å². The fourth-order valence-electron chi connectivity index (χ4n) is 2.03. The van der Waals surface area contributed by atoms with Gasteiger partial charge in [0.05, 0.1) is 10.6 Å². The van der Waals surface area contributed by atoms with Gasteiger partial charge in [-0.05, 0) is 12.1 Å². The Bertz CT molecular complexity index is 581. The monoisotopic (exact) mass is 330 g/mol. The highest BCUT2D eigenvalue weighted by atomic mass is 32.2. The summed E-state index contributed by atoms with van der Waals surface area (Å²) < 4.78 is 24.7. The van der Waals surface area contributed by atoms with Crippen LogP contribution >= 0.6 is 24.0 Å². The number of hydrogen-bond acceptors (Lipinski definition) is 5. The van der Waals surface area contributed by atoms with Gasteiger partial charge in [-0.1, -0.05) is 24.4 Å². The van der Waals surface area contributed by atoms with E-state index >= 15 is 0 Å². The zero-order valence-corrected chi connectivity index (χ0v) is 13.6. The quantitative estimate of drug-likeness (QED) is 0.817. The van der Waals surface area contributed by atoms with Gasteiger partial charge < -0.3 is 10.6 Å². The number of thiocarbonyl (C=S) groups is 1. The molecule has 0 aliphatic carbocycles. The topological polar surface area (TPSA) is 63.4 Å². The fourth-order valence-corrected chi connectivity index (χ4v) is 4.47. The third-order valence-corrected chi connectivity index (χ3v) is 6.13. The summed E-state index contributed by atoms with van der Waals surface area (Å²) in [6.45, 7) is 2.51. The predicted molar refractivity (Wildman–Crippen MR) is 88.1 cm³/mol. The summed E-state index contributed by atoms with van der Waals surface area (Å²) in [5.74, 6) is 2.30. The van der Waals surface area contributed by atoms with Gasteiger partial charge in [-0.2, -0.15) is 11.8 Å². The van der Waals surface area contributed by atoms with E-state index in [4.69, 9.17) is 18.0 Å². The van der Waals surface area contributed by atoms with Crippen molar-refractivity contribution >= 4 is 38.8 Å². The van der Waals surface area contributed by atoms with Crippen LogP contribution in [0.25, 0.3) is 0 Å². The van der Waals surface area contributed by atoms with Crippen LogP contribution in [0.2, 0.25) is 0 Å². The molecule has 0 spiro atoms. The SMILES string of the molecule is NC(=S)c1cccc(S(=O)(=O)CCN2CCSCC2)c1. The first-order valence-corrected chi connectivity index (χ1v) is 9.63. The molecular weight excluding hydrogens is 312 g/mol. The van der Waals surface area contributed by atoms with Gasteiger partial charge in [-0.15, -0.1) is 0 Å². The molecular formula is C13H18N2O2S3. The molecule has 1 aromatic carbocycles. The average molecular weight is 330 g/mol. The van der Waals surface area contributed by atoms with Crippen molar-refractivity contribution in [1.29, 1.82) is 0 Å². The molecule has 1 aliphatic rings. The smallest absolute Gasteiger partial charge is 0.179 e. The number of benzene rings is 1. The summed E-state index contributed by atoms with van der Waals surface area (Å²) >= 11 is 6.80. The van der Waals surface area contributed by atoms with Crippen LogP contribution < -0.4 is 5.73 Å². The standard InChI is InChI=1S/C13H18N2O2S3/c14-13(18)11-2-1-3-12(10-11)20(16,17)9-6-15-4-7-19-8-5-15/h1-3,10H,4-9H2,(H2,14,18). The molecule has 2 N–H and O–H groups in total. The molecule has 0 amide bonds. The lowest BCUT2D eigenvalue weighted by molar-refractivity contribution is 0.320. The minimum Gasteiger partial charge on any atom is -0.389 e. The van der Waals surface area contributed by atoms with Crippen LogP contribution in [0.3, 0.4) is 0 Å². The van der Waals surface area contributed by atoms with Crippen LogP contribution in [0, 0.1) is 0 Å². The maximum absolute atomic E-state index is 12.3. The molecule has 7 heteroatoms. The fraction of sp³-hybridized carbons (Fsp3) is 0.462. The zero-order valence-electron chi connectivity index (χ0n) is 11.1. The number of nitrogens with two attached hydrogens (primary N) is 1. The summed E-state index contributed by atoms with van der Waals surface area (Å²) in [7, 11) is -3.28. The van der Waals surface area contributed by atoms with Gasteiger partial charge in [-0.3, -0.25) is 0 Å². The van der Waals surface area contributed by atoms with Gasteiger partial charge in [0, 0.05) is 36.7 Å². The van der Waals surface area contributed by atoms with Crippen LogP contribution in [-0.4, -0.2) is 55.2 Å². The molecule has 0 bridgehead atoms. The van der Waals surface area contributed by atoms with E-state index in [2.05, 4.69) is 4.90 Å². The highest BCUT2D eigenvalue weighted by Crippen LogP contribution is 2.15. The molecule has 4 nitrogen and oxygen atoms in total. The summed E-state index contributed by atoms with van der Waals surface area (Å²) in [5, 5.41) is 0. The van der Waals surface area contributed by atoms with Crippen LogP contribution in [0.5, 0.6) is 0 Å². The highest BCUT2D eigenvalue weighted by Gasteiger charge is 2.18. The van der Waals surface area contributed by atoms with E-state index in [0.717, 1.165) is 24.6 Å². The lowest BCUT2D eigenvalue weighted by Crippen LogP contribution is -2.36. The van der Waals surface area contributed by atoms with Crippen LogP contribution in [0.1, 0.15) is 5.56 Å². The summed E-state index contributed by atoms with van der Waals surface area (Å²) in [6, 6.07) is 6.56. The van der Waals surface area contributed by atoms with Crippen molar-refractivity contribution in [3.8, 4) is 0 Å². The minimum absolute atomic E-state index is 0.137. The average Bonchev–Trinajstić information content (AvgIpc) is 2.46. The summed E-state index contributed by atoms with van der Waals surface area (Å²) in [4.78, 5) is 2.72. The Balaban J connectivity index is 2.05. The molecule has 1 aliphatic heterocycles. The van der Waals surface area contributed by atoms with Crippen molar-refractivity contribution in [1.82, 2.24) is 4.90 Å². The Kier molecular flexibility index (Phi) is 5.42. The lowest BCUT2D eigenvalue weighted by atomic mass is 10.2. The molecule has 110 valence electrons. The van der Waals surface area contributed by atoms with Crippen molar-refractivity contribution in [2.45, 2.75) is 4.90 Å².